The van der Waals surface area contributed by atoms with Crippen LogP contribution in [-0.2, 0) is 9.53 Å². The van der Waals surface area contributed by atoms with E-state index in [9.17, 15) is 9.59 Å². The van der Waals surface area contributed by atoms with Crippen LogP contribution in [0.5, 0.6) is 0 Å². The summed E-state index contributed by atoms with van der Waals surface area (Å²) < 4.78 is 5.17. The summed E-state index contributed by atoms with van der Waals surface area (Å²) in [5.41, 5.74) is -0.133. The van der Waals surface area contributed by atoms with Gasteiger partial charge in [-0.15, -0.1) is 0 Å². The van der Waals surface area contributed by atoms with Crippen LogP contribution in [0.2, 0.25) is 10.0 Å². The van der Waals surface area contributed by atoms with Crippen LogP contribution in [0.4, 0.5) is 10.5 Å². The minimum absolute atomic E-state index is 0.328. The molecule has 0 aliphatic rings. The number of anilines is 1. The lowest BCUT2D eigenvalue weighted by molar-refractivity contribution is -0.156. The molecule has 0 aliphatic heterocycles. The zero-order valence-electron chi connectivity index (χ0n) is 12.3. The molecule has 116 valence electrons. The summed E-state index contributed by atoms with van der Waals surface area (Å²) in [7, 11) is 0. The summed E-state index contributed by atoms with van der Waals surface area (Å²) in [6, 6.07) is 3.38. The maximum atomic E-state index is 11.8. The number of hydrogen-bond acceptors (Lipinski definition) is 3. The molecule has 0 aliphatic carbocycles. The first-order valence-electron chi connectivity index (χ1n) is 6.34. The average molecular weight is 333 g/mol. The van der Waals surface area contributed by atoms with E-state index in [1.165, 1.54) is 6.07 Å². The third-order valence-corrected chi connectivity index (χ3v) is 3.02. The van der Waals surface area contributed by atoms with Crippen molar-refractivity contribution >= 4 is 40.9 Å². The van der Waals surface area contributed by atoms with Crippen LogP contribution in [0.25, 0.3) is 0 Å². The molecule has 7 heteroatoms. The minimum atomic E-state index is -0.771. The number of rotatable bonds is 3. The first-order valence-corrected chi connectivity index (χ1v) is 7.09. The zero-order valence-corrected chi connectivity index (χ0v) is 13.8. The molecule has 2 N–H and O–H groups in total. The molecular formula is C14H18Cl2N2O3. The molecule has 0 saturated carbocycles. The van der Waals surface area contributed by atoms with Gasteiger partial charge in [0.1, 0.15) is 11.6 Å². The second-order valence-corrected chi connectivity index (χ2v) is 6.30. The summed E-state index contributed by atoms with van der Waals surface area (Å²) >= 11 is 11.6. The van der Waals surface area contributed by atoms with Gasteiger partial charge in [-0.1, -0.05) is 23.2 Å². The Morgan fingerprint density at radius 2 is 1.81 bits per heavy atom. The summed E-state index contributed by atoms with van der Waals surface area (Å²) in [5.74, 6) is -0.508. The highest BCUT2D eigenvalue weighted by Gasteiger charge is 2.22. The van der Waals surface area contributed by atoms with Crippen LogP contribution in [0.3, 0.4) is 0 Å². The van der Waals surface area contributed by atoms with Gasteiger partial charge < -0.3 is 15.4 Å². The van der Waals surface area contributed by atoms with E-state index in [1.807, 2.05) is 0 Å². The van der Waals surface area contributed by atoms with E-state index in [-0.39, 0.29) is 0 Å². The SMILES string of the molecule is C[C@H](NC(=O)Nc1ccc(Cl)c(Cl)c1)C(=O)OC(C)(C)C. The van der Waals surface area contributed by atoms with Crippen LogP contribution < -0.4 is 10.6 Å². The van der Waals surface area contributed by atoms with Crippen LogP contribution >= 0.6 is 23.2 Å². The number of hydrogen-bond donors (Lipinski definition) is 2. The van der Waals surface area contributed by atoms with Crippen molar-refractivity contribution in [1.29, 1.82) is 0 Å². The number of carbonyl (C=O) groups is 2. The van der Waals surface area contributed by atoms with Gasteiger partial charge in [-0.25, -0.2) is 9.59 Å². The van der Waals surface area contributed by atoms with Crippen molar-refractivity contribution in [3.63, 3.8) is 0 Å². The second kappa shape index (κ2) is 7.00. The number of urea groups is 1. The Morgan fingerprint density at radius 1 is 1.19 bits per heavy atom. The molecule has 21 heavy (non-hydrogen) atoms. The molecule has 0 fully saturated rings. The number of esters is 1. The Morgan fingerprint density at radius 3 is 2.33 bits per heavy atom. The topological polar surface area (TPSA) is 67.4 Å². The average Bonchev–Trinajstić information content (AvgIpc) is 2.31. The van der Waals surface area contributed by atoms with E-state index in [1.54, 1.807) is 39.8 Å². The fourth-order valence-corrected chi connectivity index (χ4v) is 1.68. The van der Waals surface area contributed by atoms with Crippen molar-refractivity contribution in [3.8, 4) is 0 Å². The highest BCUT2D eigenvalue weighted by atomic mass is 35.5. The van der Waals surface area contributed by atoms with Gasteiger partial charge in [-0.2, -0.15) is 0 Å². The number of amides is 2. The molecule has 0 spiro atoms. The van der Waals surface area contributed by atoms with Gasteiger partial charge >= 0.3 is 12.0 Å². The van der Waals surface area contributed by atoms with Crippen molar-refractivity contribution in [3.05, 3.63) is 28.2 Å². The predicted octanol–water partition coefficient (Wildman–Crippen LogP) is 3.85. The van der Waals surface area contributed by atoms with Gasteiger partial charge in [0.2, 0.25) is 0 Å². The van der Waals surface area contributed by atoms with Gasteiger partial charge in [0.05, 0.1) is 10.0 Å². The molecule has 1 aromatic rings. The molecule has 1 atom stereocenters. The summed E-state index contributed by atoms with van der Waals surface area (Å²) in [4.78, 5) is 23.5. The molecule has 1 aromatic carbocycles. The normalized spacial score (nSPS) is 12.5. The Kier molecular flexibility index (Phi) is 5.87. The molecule has 2 amide bonds. The van der Waals surface area contributed by atoms with Gasteiger partial charge in [0.25, 0.3) is 0 Å². The number of nitrogens with one attached hydrogen (secondary N) is 2. The van der Waals surface area contributed by atoms with E-state index < -0.39 is 23.6 Å². The second-order valence-electron chi connectivity index (χ2n) is 5.48. The Bertz CT molecular complexity index is 542. The van der Waals surface area contributed by atoms with E-state index in [0.717, 1.165) is 0 Å². The molecule has 1 rings (SSSR count). The summed E-state index contributed by atoms with van der Waals surface area (Å²) in [6.45, 7) is 6.82. The van der Waals surface area contributed by atoms with Crippen LogP contribution in [0, 0.1) is 0 Å². The smallest absolute Gasteiger partial charge is 0.328 e. The minimum Gasteiger partial charge on any atom is -0.458 e. The first-order chi connectivity index (χ1) is 9.58. The lowest BCUT2D eigenvalue weighted by Gasteiger charge is -2.22. The maximum absolute atomic E-state index is 11.8. The molecule has 0 saturated heterocycles. The van der Waals surface area contributed by atoms with Gasteiger partial charge in [-0.05, 0) is 45.9 Å². The standard InChI is InChI=1S/C14H18Cl2N2O3/c1-8(12(19)21-14(2,3)4)17-13(20)18-9-5-6-10(15)11(16)7-9/h5-8H,1-4H3,(H2,17,18,20)/t8-/m0/s1. The molecular weight excluding hydrogens is 315 g/mol. The molecule has 0 unspecified atom stereocenters. The molecule has 0 heterocycles. The number of benzene rings is 1. The Balaban J connectivity index is 2.57. The largest absolute Gasteiger partial charge is 0.458 e. The lowest BCUT2D eigenvalue weighted by Crippen LogP contribution is -2.43. The Hall–Kier alpha value is -1.46. The van der Waals surface area contributed by atoms with Crippen molar-refractivity contribution in [2.24, 2.45) is 0 Å². The van der Waals surface area contributed by atoms with Gasteiger partial charge in [-0.3, -0.25) is 0 Å². The van der Waals surface area contributed by atoms with Crippen LogP contribution in [0.15, 0.2) is 18.2 Å². The van der Waals surface area contributed by atoms with Gasteiger partial charge in [0, 0.05) is 5.69 Å². The van der Waals surface area contributed by atoms with Crippen molar-refractivity contribution in [1.82, 2.24) is 5.32 Å². The van der Waals surface area contributed by atoms with E-state index in [4.69, 9.17) is 27.9 Å². The van der Waals surface area contributed by atoms with Crippen molar-refractivity contribution < 1.29 is 14.3 Å². The Labute approximate surface area is 133 Å². The van der Waals surface area contributed by atoms with Crippen molar-refractivity contribution in [2.45, 2.75) is 39.3 Å². The molecule has 0 radical (unpaired) electrons. The monoisotopic (exact) mass is 332 g/mol. The third kappa shape index (κ3) is 6.23. The lowest BCUT2D eigenvalue weighted by atomic mass is 10.2. The zero-order chi connectivity index (χ0) is 16.2. The fourth-order valence-electron chi connectivity index (χ4n) is 1.39. The van der Waals surface area contributed by atoms with Crippen LogP contribution in [-0.4, -0.2) is 23.6 Å². The highest BCUT2D eigenvalue weighted by molar-refractivity contribution is 6.42. The van der Waals surface area contributed by atoms with Crippen molar-refractivity contribution in [2.75, 3.05) is 5.32 Å². The molecule has 0 bridgehead atoms. The summed E-state index contributed by atoms with van der Waals surface area (Å²) in [6.07, 6.45) is 0. The first kappa shape index (κ1) is 17.6. The number of halogens is 2. The maximum Gasteiger partial charge on any atom is 0.328 e. The fraction of sp³-hybridized carbons (Fsp3) is 0.429. The summed E-state index contributed by atoms with van der Waals surface area (Å²) in [5, 5.41) is 5.76. The number of ether oxygens (including phenoxy) is 1. The molecule has 0 aromatic heterocycles. The highest BCUT2D eigenvalue weighted by Crippen LogP contribution is 2.24. The molecule has 5 nitrogen and oxygen atoms in total. The van der Waals surface area contributed by atoms with E-state index >= 15 is 0 Å². The third-order valence-electron chi connectivity index (χ3n) is 2.29. The van der Waals surface area contributed by atoms with E-state index in [2.05, 4.69) is 10.6 Å². The van der Waals surface area contributed by atoms with Gasteiger partial charge in [0.15, 0.2) is 0 Å². The number of carbonyl (C=O) groups excluding carboxylic acids is 2. The van der Waals surface area contributed by atoms with E-state index in [0.29, 0.717) is 15.7 Å². The predicted molar refractivity (Wildman–Crippen MR) is 83.9 cm³/mol. The quantitative estimate of drug-likeness (QED) is 0.826. The van der Waals surface area contributed by atoms with Crippen LogP contribution in [0.1, 0.15) is 27.7 Å².